The summed E-state index contributed by atoms with van der Waals surface area (Å²) in [7, 11) is 0. The van der Waals surface area contributed by atoms with Crippen LogP contribution in [-0.2, 0) is 0 Å². The van der Waals surface area contributed by atoms with Gasteiger partial charge in [-0.05, 0) is 36.9 Å². The molecule has 0 saturated carbocycles. The lowest BCUT2D eigenvalue weighted by Gasteiger charge is -2.23. The van der Waals surface area contributed by atoms with Crippen LogP contribution in [0.15, 0.2) is 24.3 Å². The zero-order valence-corrected chi connectivity index (χ0v) is 13.9. The van der Waals surface area contributed by atoms with E-state index in [-0.39, 0.29) is 0 Å². The smallest absolute Gasteiger partial charge is 0.0414 e. The Morgan fingerprint density at radius 2 is 1.84 bits per heavy atom. The first kappa shape index (κ1) is 16.6. The van der Waals surface area contributed by atoms with Crippen molar-refractivity contribution in [3.8, 4) is 0 Å². The minimum atomic E-state index is 0.479. The summed E-state index contributed by atoms with van der Waals surface area (Å²) in [4.78, 5) is 0. The fourth-order valence-electron chi connectivity index (χ4n) is 2.00. The zero-order valence-electron chi connectivity index (χ0n) is 13.1. The van der Waals surface area contributed by atoms with E-state index in [0.717, 1.165) is 23.5 Å². The van der Waals surface area contributed by atoms with Crippen molar-refractivity contribution in [2.75, 3.05) is 12.3 Å². The standard InChI is InChI=1S/C17H29NS/c1-6-11-18-17(12-19-15(5)13(2)3)16-10-8-7-9-14(16)4/h7-10,13,15,17-18H,6,11-12H2,1-5H3. The molecule has 1 nitrogen and oxygen atoms in total. The quantitative estimate of drug-likeness (QED) is 0.732. The normalized spacial score (nSPS) is 14.6. The maximum absolute atomic E-state index is 3.70. The van der Waals surface area contributed by atoms with Gasteiger partial charge in [0, 0.05) is 17.0 Å². The number of nitrogens with one attached hydrogen (secondary N) is 1. The summed E-state index contributed by atoms with van der Waals surface area (Å²) < 4.78 is 0. The summed E-state index contributed by atoms with van der Waals surface area (Å²) in [5, 5.41) is 4.42. The van der Waals surface area contributed by atoms with Gasteiger partial charge in [0.25, 0.3) is 0 Å². The van der Waals surface area contributed by atoms with E-state index in [0.29, 0.717) is 6.04 Å². The number of hydrogen-bond donors (Lipinski definition) is 1. The molecular weight excluding hydrogens is 250 g/mol. The first-order valence-corrected chi connectivity index (χ1v) is 8.51. The summed E-state index contributed by atoms with van der Waals surface area (Å²) in [6.07, 6.45) is 1.19. The largest absolute Gasteiger partial charge is 0.309 e. The second-order valence-electron chi connectivity index (χ2n) is 5.65. The van der Waals surface area contributed by atoms with E-state index in [9.17, 15) is 0 Å². The van der Waals surface area contributed by atoms with Crippen LogP contribution in [0.2, 0.25) is 0 Å². The van der Waals surface area contributed by atoms with E-state index >= 15 is 0 Å². The van der Waals surface area contributed by atoms with Gasteiger partial charge in [0.05, 0.1) is 0 Å². The van der Waals surface area contributed by atoms with Crippen molar-refractivity contribution in [3.63, 3.8) is 0 Å². The van der Waals surface area contributed by atoms with E-state index in [1.54, 1.807) is 0 Å². The second-order valence-corrected chi connectivity index (χ2v) is 7.06. The highest BCUT2D eigenvalue weighted by Gasteiger charge is 2.15. The van der Waals surface area contributed by atoms with Crippen LogP contribution in [0, 0.1) is 12.8 Å². The summed E-state index contributed by atoms with van der Waals surface area (Å²) in [5.41, 5.74) is 2.85. The minimum absolute atomic E-state index is 0.479. The molecule has 1 aromatic carbocycles. The lowest BCUT2D eigenvalue weighted by molar-refractivity contribution is 0.571. The van der Waals surface area contributed by atoms with Gasteiger partial charge in [-0.2, -0.15) is 11.8 Å². The highest BCUT2D eigenvalue weighted by Crippen LogP contribution is 2.26. The van der Waals surface area contributed by atoms with Crippen molar-refractivity contribution in [2.24, 2.45) is 5.92 Å². The summed E-state index contributed by atoms with van der Waals surface area (Å²) in [5.74, 6) is 1.90. The van der Waals surface area contributed by atoms with Gasteiger partial charge in [0.15, 0.2) is 0 Å². The summed E-state index contributed by atoms with van der Waals surface area (Å²) in [6, 6.07) is 9.24. The molecule has 0 bridgehead atoms. The molecule has 1 N–H and O–H groups in total. The average molecular weight is 279 g/mol. The predicted octanol–water partition coefficient (Wildman–Crippen LogP) is 4.81. The molecule has 2 atom stereocenters. The topological polar surface area (TPSA) is 12.0 Å². The van der Waals surface area contributed by atoms with Crippen LogP contribution in [0.4, 0.5) is 0 Å². The molecule has 0 spiro atoms. The molecule has 0 radical (unpaired) electrons. The molecule has 2 heteroatoms. The van der Waals surface area contributed by atoms with Gasteiger partial charge < -0.3 is 5.32 Å². The first-order chi connectivity index (χ1) is 9.06. The summed E-state index contributed by atoms with van der Waals surface area (Å²) >= 11 is 2.08. The third-order valence-electron chi connectivity index (χ3n) is 3.67. The highest BCUT2D eigenvalue weighted by molar-refractivity contribution is 7.99. The Labute approximate surface area is 123 Å². The number of aryl methyl sites for hydroxylation is 1. The van der Waals surface area contributed by atoms with Crippen molar-refractivity contribution in [1.29, 1.82) is 0 Å². The molecule has 1 rings (SSSR count). The van der Waals surface area contributed by atoms with Gasteiger partial charge in [-0.3, -0.25) is 0 Å². The lowest BCUT2D eigenvalue weighted by Crippen LogP contribution is -2.26. The van der Waals surface area contributed by atoms with E-state index in [1.165, 1.54) is 17.5 Å². The average Bonchev–Trinajstić information content (AvgIpc) is 2.39. The van der Waals surface area contributed by atoms with Crippen molar-refractivity contribution >= 4 is 11.8 Å². The molecular formula is C17H29NS. The van der Waals surface area contributed by atoms with Crippen LogP contribution < -0.4 is 5.32 Å². The molecule has 108 valence electrons. The van der Waals surface area contributed by atoms with E-state index in [4.69, 9.17) is 0 Å². The molecule has 0 saturated heterocycles. The van der Waals surface area contributed by atoms with Gasteiger partial charge in [-0.15, -0.1) is 0 Å². The van der Waals surface area contributed by atoms with Crippen LogP contribution in [0.5, 0.6) is 0 Å². The van der Waals surface area contributed by atoms with E-state index in [1.807, 2.05) is 0 Å². The monoisotopic (exact) mass is 279 g/mol. The molecule has 0 fully saturated rings. The van der Waals surface area contributed by atoms with Crippen LogP contribution in [-0.4, -0.2) is 17.5 Å². The predicted molar refractivity (Wildman–Crippen MR) is 89.0 cm³/mol. The molecule has 0 aliphatic heterocycles. The van der Waals surface area contributed by atoms with Crippen LogP contribution in [0.3, 0.4) is 0 Å². The maximum atomic E-state index is 3.70. The van der Waals surface area contributed by atoms with Crippen molar-refractivity contribution in [3.05, 3.63) is 35.4 Å². The van der Waals surface area contributed by atoms with Crippen molar-refractivity contribution in [1.82, 2.24) is 5.32 Å². The molecule has 19 heavy (non-hydrogen) atoms. The Hall–Kier alpha value is -0.470. The molecule has 0 amide bonds. The van der Waals surface area contributed by atoms with Crippen LogP contribution >= 0.6 is 11.8 Å². The highest BCUT2D eigenvalue weighted by atomic mass is 32.2. The molecule has 1 aromatic rings. The van der Waals surface area contributed by atoms with E-state index < -0.39 is 0 Å². The van der Waals surface area contributed by atoms with Crippen molar-refractivity contribution < 1.29 is 0 Å². The molecule has 2 unspecified atom stereocenters. The molecule has 0 aliphatic carbocycles. The third-order valence-corrected chi connectivity index (χ3v) is 5.27. The van der Waals surface area contributed by atoms with Gasteiger partial charge in [-0.1, -0.05) is 52.0 Å². The number of rotatable bonds is 8. The Balaban J connectivity index is 2.69. The molecule has 0 aliphatic rings. The maximum Gasteiger partial charge on any atom is 0.0414 e. The molecule has 0 aromatic heterocycles. The third kappa shape index (κ3) is 5.58. The zero-order chi connectivity index (χ0) is 14.3. The van der Waals surface area contributed by atoms with Crippen LogP contribution in [0.25, 0.3) is 0 Å². The van der Waals surface area contributed by atoms with Gasteiger partial charge in [0.2, 0.25) is 0 Å². The lowest BCUT2D eigenvalue weighted by atomic mass is 10.0. The number of hydrogen-bond acceptors (Lipinski definition) is 2. The Kier molecular flexibility index (Phi) is 7.55. The molecule has 0 heterocycles. The first-order valence-electron chi connectivity index (χ1n) is 7.46. The van der Waals surface area contributed by atoms with Gasteiger partial charge >= 0.3 is 0 Å². The number of benzene rings is 1. The fraction of sp³-hybridized carbons (Fsp3) is 0.647. The van der Waals surface area contributed by atoms with Gasteiger partial charge in [-0.25, -0.2) is 0 Å². The van der Waals surface area contributed by atoms with Crippen molar-refractivity contribution in [2.45, 2.75) is 52.3 Å². The SMILES string of the molecule is CCCNC(CSC(C)C(C)C)c1ccccc1C. The Morgan fingerprint density at radius 1 is 1.16 bits per heavy atom. The van der Waals surface area contributed by atoms with Crippen LogP contribution in [0.1, 0.15) is 51.3 Å². The fourth-order valence-corrected chi connectivity index (χ4v) is 3.17. The summed E-state index contributed by atoms with van der Waals surface area (Å²) in [6.45, 7) is 12.5. The second kappa shape index (κ2) is 8.65. The Morgan fingerprint density at radius 3 is 2.42 bits per heavy atom. The minimum Gasteiger partial charge on any atom is -0.309 e. The van der Waals surface area contributed by atoms with Gasteiger partial charge in [0.1, 0.15) is 0 Å². The van der Waals surface area contributed by atoms with E-state index in [2.05, 4.69) is 76.0 Å². The Bertz CT molecular complexity index is 362. The number of thioether (sulfide) groups is 1.